The van der Waals surface area contributed by atoms with E-state index in [0.717, 1.165) is 10.7 Å². The van der Waals surface area contributed by atoms with Crippen LogP contribution in [0.15, 0.2) is 30.6 Å². The largest absolute Gasteiger partial charge is 0.481 e. The monoisotopic (exact) mass is 357 g/mol. The van der Waals surface area contributed by atoms with Crippen LogP contribution in [-0.4, -0.2) is 38.4 Å². The Balaban J connectivity index is 2.01. The summed E-state index contributed by atoms with van der Waals surface area (Å²) >= 11 is 0. The Morgan fingerprint density at radius 1 is 1.28 bits per heavy atom. The highest BCUT2D eigenvalue weighted by atomic mass is 19.4. The number of alkyl halides is 3. The maximum absolute atomic E-state index is 13.0. The summed E-state index contributed by atoms with van der Waals surface area (Å²) in [6.07, 6.45) is -1.99. The Bertz CT molecular complexity index is 760. The van der Waals surface area contributed by atoms with Gasteiger partial charge in [-0.3, -0.25) is 10.1 Å². The summed E-state index contributed by atoms with van der Waals surface area (Å²) in [5.74, 6) is -1.36. The zero-order chi connectivity index (χ0) is 18.4. The number of urea groups is 1. The number of halogens is 3. The van der Waals surface area contributed by atoms with Gasteiger partial charge in [0.05, 0.1) is 0 Å². The third-order valence-corrected chi connectivity index (χ3v) is 2.99. The number of rotatable bonds is 6. The molecule has 0 aromatic carbocycles. The molecule has 0 saturated carbocycles. The number of nitrogens with zero attached hydrogens (tertiary/aromatic N) is 3. The van der Waals surface area contributed by atoms with Gasteiger partial charge in [0.1, 0.15) is 5.56 Å². The average molecular weight is 357 g/mol. The molecule has 2 rings (SSSR count). The predicted molar refractivity (Wildman–Crippen MR) is 80.3 cm³/mol. The summed E-state index contributed by atoms with van der Waals surface area (Å²) in [7, 11) is 0. The summed E-state index contributed by atoms with van der Waals surface area (Å²) in [4.78, 5) is 25.6. The predicted octanol–water partition coefficient (Wildman–Crippen LogP) is 2.27. The van der Waals surface area contributed by atoms with E-state index in [-0.39, 0.29) is 25.2 Å². The minimum Gasteiger partial charge on any atom is -0.481 e. The number of carboxylic acid groups (broad SMARTS) is 1. The van der Waals surface area contributed by atoms with E-state index in [9.17, 15) is 22.8 Å². The first-order valence-electron chi connectivity index (χ1n) is 7.12. The minimum absolute atomic E-state index is 0.0227. The van der Waals surface area contributed by atoms with Crippen LogP contribution in [0.5, 0.6) is 0 Å². The third kappa shape index (κ3) is 5.19. The first-order valence-corrected chi connectivity index (χ1v) is 7.12. The molecule has 0 spiro atoms. The molecule has 0 bridgehead atoms. The molecule has 2 aromatic heterocycles. The highest BCUT2D eigenvalue weighted by Gasteiger charge is 2.34. The number of hydrogen-bond acceptors (Lipinski definition) is 4. The number of carboxylic acids is 1. The summed E-state index contributed by atoms with van der Waals surface area (Å²) in [5, 5.41) is 17.1. The van der Waals surface area contributed by atoms with Gasteiger partial charge in [0.25, 0.3) is 0 Å². The van der Waals surface area contributed by atoms with E-state index in [4.69, 9.17) is 5.11 Å². The summed E-state index contributed by atoms with van der Waals surface area (Å²) in [6.45, 7) is 0.136. The van der Waals surface area contributed by atoms with Gasteiger partial charge in [0, 0.05) is 31.4 Å². The Morgan fingerprint density at radius 3 is 2.72 bits per heavy atom. The lowest BCUT2D eigenvalue weighted by Crippen LogP contribution is -2.30. The average Bonchev–Trinajstić information content (AvgIpc) is 2.99. The SMILES string of the molecule is O=C(O)CCCNC(=O)Nc1ccn(-c2ncccc2C(F)(F)F)n1. The van der Waals surface area contributed by atoms with Crippen LogP contribution >= 0.6 is 0 Å². The lowest BCUT2D eigenvalue weighted by atomic mass is 10.2. The van der Waals surface area contributed by atoms with Crippen LogP contribution in [0.1, 0.15) is 18.4 Å². The molecule has 8 nitrogen and oxygen atoms in total. The number of carbonyl (C=O) groups excluding carboxylic acids is 1. The molecule has 25 heavy (non-hydrogen) atoms. The van der Waals surface area contributed by atoms with Crippen molar-refractivity contribution in [3.8, 4) is 5.82 Å². The van der Waals surface area contributed by atoms with Crippen molar-refractivity contribution in [2.45, 2.75) is 19.0 Å². The van der Waals surface area contributed by atoms with Crippen LogP contribution in [-0.2, 0) is 11.0 Å². The summed E-state index contributed by atoms with van der Waals surface area (Å²) in [5.41, 5.74) is -0.956. The van der Waals surface area contributed by atoms with E-state index in [1.807, 2.05) is 0 Å². The third-order valence-electron chi connectivity index (χ3n) is 2.99. The van der Waals surface area contributed by atoms with E-state index in [1.165, 1.54) is 24.5 Å². The second-order valence-electron chi connectivity index (χ2n) is 4.90. The molecule has 3 N–H and O–H groups in total. The van der Waals surface area contributed by atoms with Crippen molar-refractivity contribution in [3.05, 3.63) is 36.2 Å². The van der Waals surface area contributed by atoms with Crippen LogP contribution in [0.4, 0.5) is 23.8 Å². The van der Waals surface area contributed by atoms with Crippen molar-refractivity contribution >= 4 is 17.8 Å². The Hall–Kier alpha value is -3.11. The molecule has 0 unspecified atom stereocenters. The summed E-state index contributed by atoms with van der Waals surface area (Å²) < 4.78 is 39.8. The van der Waals surface area contributed by atoms with Gasteiger partial charge in [-0.1, -0.05) is 0 Å². The molecule has 0 radical (unpaired) electrons. The first kappa shape index (κ1) is 18.2. The van der Waals surface area contributed by atoms with Crippen molar-refractivity contribution in [2.24, 2.45) is 0 Å². The Labute approximate surface area is 139 Å². The first-order chi connectivity index (χ1) is 11.8. The molecule has 0 saturated heterocycles. The van der Waals surface area contributed by atoms with E-state index in [2.05, 4.69) is 20.7 Å². The van der Waals surface area contributed by atoms with E-state index >= 15 is 0 Å². The van der Waals surface area contributed by atoms with Gasteiger partial charge in [0.2, 0.25) is 0 Å². The maximum atomic E-state index is 13.0. The fraction of sp³-hybridized carbons (Fsp3) is 0.286. The lowest BCUT2D eigenvalue weighted by Gasteiger charge is -2.11. The Kier molecular flexibility index (Phi) is 5.57. The molecular weight excluding hydrogens is 343 g/mol. The van der Waals surface area contributed by atoms with Gasteiger partial charge in [-0.25, -0.2) is 14.5 Å². The van der Waals surface area contributed by atoms with Gasteiger partial charge >= 0.3 is 18.2 Å². The van der Waals surface area contributed by atoms with Crippen molar-refractivity contribution < 1.29 is 27.9 Å². The van der Waals surface area contributed by atoms with Crippen molar-refractivity contribution in [3.63, 3.8) is 0 Å². The van der Waals surface area contributed by atoms with Gasteiger partial charge in [-0.2, -0.15) is 13.2 Å². The fourth-order valence-corrected chi connectivity index (χ4v) is 1.91. The number of aromatic nitrogens is 3. The second-order valence-corrected chi connectivity index (χ2v) is 4.90. The quantitative estimate of drug-likeness (QED) is 0.687. The van der Waals surface area contributed by atoms with E-state index in [0.29, 0.717) is 0 Å². The fourth-order valence-electron chi connectivity index (χ4n) is 1.91. The molecule has 134 valence electrons. The number of aliphatic carboxylic acids is 1. The van der Waals surface area contributed by atoms with E-state index < -0.39 is 29.6 Å². The van der Waals surface area contributed by atoms with Crippen LogP contribution in [0.25, 0.3) is 5.82 Å². The lowest BCUT2D eigenvalue weighted by molar-refractivity contribution is -0.138. The van der Waals surface area contributed by atoms with Crippen LogP contribution in [0, 0.1) is 0 Å². The zero-order valence-corrected chi connectivity index (χ0v) is 12.7. The number of nitrogens with one attached hydrogen (secondary N) is 2. The van der Waals surface area contributed by atoms with Crippen molar-refractivity contribution in [1.29, 1.82) is 0 Å². The van der Waals surface area contributed by atoms with Gasteiger partial charge in [-0.15, -0.1) is 5.10 Å². The van der Waals surface area contributed by atoms with Gasteiger partial charge in [-0.05, 0) is 18.6 Å². The molecule has 0 aliphatic heterocycles. The zero-order valence-electron chi connectivity index (χ0n) is 12.7. The van der Waals surface area contributed by atoms with Crippen LogP contribution < -0.4 is 10.6 Å². The normalized spacial score (nSPS) is 11.2. The Morgan fingerprint density at radius 2 is 2.04 bits per heavy atom. The molecule has 2 amide bonds. The topological polar surface area (TPSA) is 109 Å². The molecule has 0 atom stereocenters. The minimum atomic E-state index is -4.59. The van der Waals surface area contributed by atoms with Crippen LogP contribution in [0.2, 0.25) is 0 Å². The highest BCUT2D eigenvalue weighted by molar-refractivity contribution is 5.88. The standard InChI is InChI=1S/C14H14F3N5O3/c15-14(16,17)9-3-1-6-18-12(9)22-8-5-10(21-22)20-13(25)19-7-2-4-11(23)24/h1,3,5-6,8H,2,4,7H2,(H,23,24)(H2,19,20,21,25). The molecule has 0 aliphatic rings. The molecule has 0 aliphatic carbocycles. The maximum Gasteiger partial charge on any atom is 0.420 e. The summed E-state index contributed by atoms with van der Waals surface area (Å²) in [6, 6.07) is 2.71. The molecule has 2 heterocycles. The number of carbonyl (C=O) groups is 2. The number of hydrogen-bond donors (Lipinski definition) is 3. The van der Waals surface area contributed by atoms with Crippen molar-refractivity contribution in [2.75, 3.05) is 11.9 Å². The highest BCUT2D eigenvalue weighted by Crippen LogP contribution is 2.32. The van der Waals surface area contributed by atoms with Gasteiger partial charge < -0.3 is 10.4 Å². The van der Waals surface area contributed by atoms with E-state index in [1.54, 1.807) is 0 Å². The second kappa shape index (κ2) is 7.64. The molecule has 0 fully saturated rings. The number of anilines is 1. The number of pyridine rings is 1. The van der Waals surface area contributed by atoms with Gasteiger partial charge in [0.15, 0.2) is 11.6 Å². The van der Waals surface area contributed by atoms with Crippen molar-refractivity contribution in [1.82, 2.24) is 20.1 Å². The van der Waals surface area contributed by atoms with Crippen LogP contribution in [0.3, 0.4) is 0 Å². The molecular formula is C14H14F3N5O3. The smallest absolute Gasteiger partial charge is 0.420 e. The molecule has 11 heteroatoms. The number of amides is 2. The molecule has 2 aromatic rings.